The third kappa shape index (κ3) is 3.76. The summed E-state index contributed by atoms with van der Waals surface area (Å²) in [7, 11) is 1.57. The van der Waals surface area contributed by atoms with Crippen molar-refractivity contribution in [3.8, 4) is 5.75 Å². The van der Waals surface area contributed by atoms with E-state index in [0.717, 1.165) is 5.69 Å². The largest absolute Gasteiger partial charge is 0.497 e. The zero-order valence-corrected chi connectivity index (χ0v) is 8.62. The Bertz CT molecular complexity index is 353. The van der Waals surface area contributed by atoms with Gasteiger partial charge in [0.05, 0.1) is 7.11 Å². The quantitative estimate of drug-likeness (QED) is 0.618. The molecule has 5 heteroatoms. The maximum atomic E-state index is 10.5. The summed E-state index contributed by atoms with van der Waals surface area (Å²) in [6.07, 6.45) is 0.289. The topological polar surface area (TPSA) is 90.4 Å². The van der Waals surface area contributed by atoms with E-state index in [1.165, 1.54) is 0 Å². The van der Waals surface area contributed by atoms with E-state index in [1.807, 2.05) is 0 Å². The number of methoxy groups -OCH3 is 1. The molecule has 5 nitrogen and oxygen atoms in total. The monoisotopic (exact) mass is 209 g/mol. The zero-order chi connectivity index (χ0) is 11.3. The molecule has 1 aromatic rings. The highest BCUT2D eigenvalue weighted by atomic mass is 16.5. The normalized spacial score (nSPS) is 9.67. The SMILES string of the molecule is COc1cc(N)cc(NCCC(N)=O)c1. The second kappa shape index (κ2) is 5.09. The lowest BCUT2D eigenvalue weighted by Gasteiger charge is -2.08. The van der Waals surface area contributed by atoms with Crippen LogP contribution in [0.5, 0.6) is 5.75 Å². The van der Waals surface area contributed by atoms with Gasteiger partial charge in [0.25, 0.3) is 0 Å². The molecule has 82 valence electrons. The van der Waals surface area contributed by atoms with Crippen LogP contribution in [0.1, 0.15) is 6.42 Å². The van der Waals surface area contributed by atoms with E-state index in [0.29, 0.717) is 18.0 Å². The number of nitrogens with two attached hydrogens (primary N) is 2. The van der Waals surface area contributed by atoms with Crippen LogP contribution >= 0.6 is 0 Å². The predicted molar refractivity (Wildman–Crippen MR) is 59.7 cm³/mol. The number of carbonyl (C=O) groups excluding carboxylic acids is 1. The molecule has 0 saturated carbocycles. The second-order valence-electron chi connectivity index (χ2n) is 3.14. The standard InChI is InChI=1S/C10H15N3O2/c1-15-9-5-7(11)4-8(6-9)13-3-2-10(12)14/h4-6,13H,2-3,11H2,1H3,(H2,12,14). The summed E-state index contributed by atoms with van der Waals surface area (Å²) in [5, 5.41) is 3.03. The fraction of sp³-hybridized carbons (Fsp3) is 0.300. The highest BCUT2D eigenvalue weighted by Crippen LogP contribution is 2.21. The van der Waals surface area contributed by atoms with Gasteiger partial charge in [-0.1, -0.05) is 0 Å². The average molecular weight is 209 g/mol. The van der Waals surface area contributed by atoms with Crippen molar-refractivity contribution in [2.45, 2.75) is 6.42 Å². The van der Waals surface area contributed by atoms with E-state index in [1.54, 1.807) is 25.3 Å². The molecule has 0 fully saturated rings. The number of amides is 1. The molecular weight excluding hydrogens is 194 g/mol. The molecule has 1 rings (SSSR count). The van der Waals surface area contributed by atoms with E-state index in [-0.39, 0.29) is 12.3 Å². The fourth-order valence-corrected chi connectivity index (χ4v) is 1.17. The van der Waals surface area contributed by atoms with E-state index < -0.39 is 0 Å². The Labute approximate surface area is 88.4 Å². The van der Waals surface area contributed by atoms with E-state index in [2.05, 4.69) is 5.32 Å². The summed E-state index contributed by atoms with van der Waals surface area (Å²) in [5.41, 5.74) is 12.1. The van der Waals surface area contributed by atoms with E-state index >= 15 is 0 Å². The van der Waals surface area contributed by atoms with Gasteiger partial charge in [0.2, 0.25) is 5.91 Å². The molecule has 0 spiro atoms. The predicted octanol–water partition coefficient (Wildman–Crippen LogP) is 0.565. The molecule has 0 atom stereocenters. The van der Waals surface area contributed by atoms with Crippen LogP contribution in [0, 0.1) is 0 Å². The number of primary amides is 1. The Balaban J connectivity index is 2.60. The third-order valence-corrected chi connectivity index (χ3v) is 1.87. The van der Waals surface area contributed by atoms with Crippen LogP contribution in [-0.4, -0.2) is 19.6 Å². The summed E-state index contributed by atoms with van der Waals surface area (Å²) < 4.78 is 5.05. The van der Waals surface area contributed by atoms with Crippen LogP contribution in [0.2, 0.25) is 0 Å². The first kappa shape index (κ1) is 11.2. The van der Waals surface area contributed by atoms with Crippen LogP contribution in [0.15, 0.2) is 18.2 Å². The van der Waals surface area contributed by atoms with Crippen LogP contribution in [0.3, 0.4) is 0 Å². The molecule has 15 heavy (non-hydrogen) atoms. The number of hydrogen-bond donors (Lipinski definition) is 3. The summed E-state index contributed by atoms with van der Waals surface area (Å²) >= 11 is 0. The van der Waals surface area contributed by atoms with Gasteiger partial charge in [-0.3, -0.25) is 4.79 Å². The van der Waals surface area contributed by atoms with Crippen molar-refractivity contribution in [3.05, 3.63) is 18.2 Å². The first-order chi connectivity index (χ1) is 7.11. The number of anilines is 2. The van der Waals surface area contributed by atoms with Crippen molar-refractivity contribution >= 4 is 17.3 Å². The molecular formula is C10H15N3O2. The molecule has 0 saturated heterocycles. The van der Waals surface area contributed by atoms with Gasteiger partial charge in [0, 0.05) is 36.5 Å². The number of nitrogen functional groups attached to an aromatic ring is 1. The van der Waals surface area contributed by atoms with Crippen molar-refractivity contribution in [2.75, 3.05) is 24.7 Å². The van der Waals surface area contributed by atoms with Gasteiger partial charge in [0.15, 0.2) is 0 Å². The summed E-state index contributed by atoms with van der Waals surface area (Å²) in [6, 6.07) is 5.29. The van der Waals surface area contributed by atoms with Crippen LogP contribution in [-0.2, 0) is 4.79 Å². The summed E-state index contributed by atoms with van der Waals surface area (Å²) in [5.74, 6) is 0.343. The Hall–Kier alpha value is -1.91. The smallest absolute Gasteiger partial charge is 0.219 e. The van der Waals surface area contributed by atoms with Crippen molar-refractivity contribution in [2.24, 2.45) is 5.73 Å². The lowest BCUT2D eigenvalue weighted by atomic mass is 10.2. The number of hydrogen-bond acceptors (Lipinski definition) is 4. The molecule has 5 N–H and O–H groups in total. The molecule has 0 bridgehead atoms. The van der Waals surface area contributed by atoms with Crippen molar-refractivity contribution < 1.29 is 9.53 Å². The van der Waals surface area contributed by atoms with Crippen LogP contribution in [0.4, 0.5) is 11.4 Å². The summed E-state index contributed by atoms with van der Waals surface area (Å²) in [4.78, 5) is 10.5. The number of ether oxygens (including phenoxy) is 1. The van der Waals surface area contributed by atoms with Gasteiger partial charge < -0.3 is 21.5 Å². The molecule has 1 aromatic carbocycles. The van der Waals surface area contributed by atoms with Gasteiger partial charge in [-0.05, 0) is 6.07 Å². The average Bonchev–Trinajstić information content (AvgIpc) is 2.16. The highest BCUT2D eigenvalue weighted by molar-refractivity contribution is 5.74. The van der Waals surface area contributed by atoms with Gasteiger partial charge in [0.1, 0.15) is 5.75 Å². The fourth-order valence-electron chi connectivity index (χ4n) is 1.17. The molecule has 0 aromatic heterocycles. The Morgan fingerprint density at radius 3 is 2.80 bits per heavy atom. The summed E-state index contributed by atoms with van der Waals surface area (Å²) in [6.45, 7) is 0.488. The second-order valence-corrected chi connectivity index (χ2v) is 3.14. The number of rotatable bonds is 5. The lowest BCUT2D eigenvalue weighted by molar-refractivity contribution is -0.117. The van der Waals surface area contributed by atoms with E-state index in [9.17, 15) is 4.79 Å². The van der Waals surface area contributed by atoms with E-state index in [4.69, 9.17) is 16.2 Å². The minimum absolute atomic E-state index is 0.289. The highest BCUT2D eigenvalue weighted by Gasteiger charge is 1.99. The first-order valence-corrected chi connectivity index (χ1v) is 4.58. The molecule has 0 aliphatic heterocycles. The molecule has 0 aliphatic carbocycles. The maximum absolute atomic E-state index is 10.5. The van der Waals surface area contributed by atoms with Gasteiger partial charge >= 0.3 is 0 Å². The lowest BCUT2D eigenvalue weighted by Crippen LogP contribution is -2.15. The van der Waals surface area contributed by atoms with Crippen molar-refractivity contribution in [3.63, 3.8) is 0 Å². The molecule has 0 unspecified atom stereocenters. The Morgan fingerprint density at radius 1 is 1.47 bits per heavy atom. The third-order valence-electron chi connectivity index (χ3n) is 1.87. The molecule has 0 heterocycles. The number of nitrogens with one attached hydrogen (secondary N) is 1. The van der Waals surface area contributed by atoms with Crippen molar-refractivity contribution in [1.29, 1.82) is 0 Å². The van der Waals surface area contributed by atoms with Gasteiger partial charge in [-0.15, -0.1) is 0 Å². The first-order valence-electron chi connectivity index (χ1n) is 4.58. The minimum Gasteiger partial charge on any atom is -0.497 e. The van der Waals surface area contributed by atoms with Crippen LogP contribution in [0.25, 0.3) is 0 Å². The molecule has 0 radical (unpaired) electrons. The van der Waals surface area contributed by atoms with Crippen molar-refractivity contribution in [1.82, 2.24) is 0 Å². The number of benzene rings is 1. The molecule has 1 amide bonds. The van der Waals surface area contributed by atoms with Crippen LogP contribution < -0.4 is 21.5 Å². The molecule has 0 aliphatic rings. The van der Waals surface area contributed by atoms with Gasteiger partial charge in [-0.2, -0.15) is 0 Å². The van der Waals surface area contributed by atoms with Gasteiger partial charge in [-0.25, -0.2) is 0 Å². The maximum Gasteiger partial charge on any atom is 0.219 e. The Kier molecular flexibility index (Phi) is 3.79. The number of carbonyl (C=O) groups is 1. The zero-order valence-electron chi connectivity index (χ0n) is 8.62. The Morgan fingerprint density at radius 2 is 2.20 bits per heavy atom. The minimum atomic E-state index is -0.335.